The van der Waals surface area contributed by atoms with Crippen LogP contribution in [-0.2, 0) is 19.2 Å². The summed E-state index contributed by atoms with van der Waals surface area (Å²) in [5.41, 5.74) is 2.17. The predicted octanol–water partition coefficient (Wildman–Crippen LogP) is 4.03. The van der Waals surface area contributed by atoms with Gasteiger partial charge in [0.25, 0.3) is 5.91 Å². The Morgan fingerprint density at radius 3 is 2.88 bits per heavy atom. The average molecular weight is 437 g/mol. The third-order valence-corrected chi connectivity index (χ3v) is 7.07. The lowest BCUT2D eigenvalue weighted by molar-refractivity contribution is -0.135. The zero-order valence-corrected chi connectivity index (χ0v) is 17.1. The topological polar surface area (TPSA) is 59.0 Å². The minimum absolute atomic E-state index is 0.0122. The molecule has 1 aromatic carbocycles. The van der Waals surface area contributed by atoms with E-state index in [1.54, 1.807) is 6.92 Å². The lowest BCUT2D eigenvalue weighted by atomic mass is 9.94. The molecule has 1 saturated carbocycles. The lowest BCUT2D eigenvalue weighted by Crippen LogP contribution is -2.43. The molecule has 1 amide bonds. The first kappa shape index (κ1) is 18.0. The number of fused-ring (bicyclic) bond motifs is 2. The van der Waals surface area contributed by atoms with Crippen molar-refractivity contribution in [3.8, 4) is 0 Å². The smallest absolute Gasteiger partial charge is 0.353 e. The van der Waals surface area contributed by atoms with E-state index < -0.39 is 10.8 Å². The zero-order valence-electron chi connectivity index (χ0n) is 14.7. The monoisotopic (exact) mass is 436 g/mol. The highest BCUT2D eigenvalue weighted by molar-refractivity contribution is 9.10. The third-order valence-electron chi connectivity index (χ3n) is 5.25. The van der Waals surface area contributed by atoms with E-state index in [1.165, 1.54) is 18.2 Å². The molecule has 1 aliphatic carbocycles. The number of benzene rings is 1. The SMILES string of the molecule is CCOC(=O)C1=N[C@@]2(SC1)C(=O)N(C1CCCCC1)c1ccc(Br)cc12. The van der Waals surface area contributed by atoms with E-state index >= 15 is 0 Å². The first-order chi connectivity index (χ1) is 12.6. The molecule has 1 aromatic rings. The first-order valence-corrected chi connectivity index (χ1v) is 10.9. The molecule has 0 saturated heterocycles. The Bertz CT molecular complexity index is 791. The van der Waals surface area contributed by atoms with Crippen LogP contribution >= 0.6 is 27.7 Å². The maximum absolute atomic E-state index is 13.6. The quantitative estimate of drug-likeness (QED) is 0.670. The number of carbonyl (C=O) groups is 2. The highest BCUT2D eigenvalue weighted by atomic mass is 79.9. The number of hydrogen-bond acceptors (Lipinski definition) is 5. The van der Waals surface area contributed by atoms with Gasteiger partial charge in [0.15, 0.2) is 0 Å². The van der Waals surface area contributed by atoms with Crippen molar-refractivity contribution in [2.45, 2.75) is 49.9 Å². The standard InChI is InChI=1S/C19H21BrN2O3S/c1-2-25-17(23)15-11-26-19(21-15)14-10-12(20)8-9-16(14)22(18(19)24)13-6-4-3-5-7-13/h8-10,13H,2-7,11H2,1H3/t19-/m0/s1. The van der Waals surface area contributed by atoms with Crippen LogP contribution in [0, 0.1) is 0 Å². The molecule has 2 aliphatic heterocycles. The number of esters is 1. The van der Waals surface area contributed by atoms with Gasteiger partial charge in [-0.2, -0.15) is 0 Å². The van der Waals surface area contributed by atoms with E-state index in [2.05, 4.69) is 20.9 Å². The lowest BCUT2D eigenvalue weighted by Gasteiger charge is -2.32. The number of aliphatic imine (C=N–C) groups is 1. The van der Waals surface area contributed by atoms with Gasteiger partial charge in [-0.05, 0) is 38.0 Å². The largest absolute Gasteiger partial charge is 0.461 e. The number of thioether (sulfide) groups is 1. The van der Waals surface area contributed by atoms with Gasteiger partial charge in [0.1, 0.15) is 5.71 Å². The Kier molecular flexibility index (Phi) is 4.86. The molecule has 2 heterocycles. The van der Waals surface area contributed by atoms with E-state index in [4.69, 9.17) is 4.74 Å². The molecular formula is C19H21BrN2O3S. The molecule has 0 bridgehead atoms. The molecule has 7 heteroatoms. The molecule has 0 N–H and O–H groups in total. The molecular weight excluding hydrogens is 416 g/mol. The van der Waals surface area contributed by atoms with E-state index in [-0.39, 0.29) is 11.9 Å². The van der Waals surface area contributed by atoms with Crippen LogP contribution in [0.25, 0.3) is 0 Å². The van der Waals surface area contributed by atoms with Crippen molar-refractivity contribution in [2.24, 2.45) is 4.99 Å². The minimum atomic E-state index is -1.04. The minimum Gasteiger partial charge on any atom is -0.461 e. The Balaban J connectivity index is 1.78. The average Bonchev–Trinajstić information content (AvgIpc) is 3.19. The number of anilines is 1. The maximum atomic E-state index is 13.6. The van der Waals surface area contributed by atoms with Crippen LogP contribution in [0.5, 0.6) is 0 Å². The highest BCUT2D eigenvalue weighted by Crippen LogP contribution is 2.54. The Morgan fingerprint density at radius 2 is 2.15 bits per heavy atom. The van der Waals surface area contributed by atoms with E-state index in [0.717, 1.165) is 41.4 Å². The van der Waals surface area contributed by atoms with E-state index in [1.807, 2.05) is 23.1 Å². The van der Waals surface area contributed by atoms with Gasteiger partial charge in [-0.1, -0.05) is 35.2 Å². The number of hydrogen-bond donors (Lipinski definition) is 0. The number of amides is 1. The predicted molar refractivity (Wildman–Crippen MR) is 107 cm³/mol. The summed E-state index contributed by atoms with van der Waals surface area (Å²) in [4.78, 5) is 31.3. The fourth-order valence-electron chi connectivity index (χ4n) is 4.07. The molecule has 26 heavy (non-hydrogen) atoms. The first-order valence-electron chi connectivity index (χ1n) is 9.10. The van der Waals surface area contributed by atoms with E-state index in [0.29, 0.717) is 18.1 Å². The summed E-state index contributed by atoms with van der Waals surface area (Å²) in [6.45, 7) is 2.08. The van der Waals surface area contributed by atoms with Crippen molar-refractivity contribution in [2.75, 3.05) is 17.3 Å². The number of halogens is 1. The summed E-state index contributed by atoms with van der Waals surface area (Å²) < 4.78 is 6.01. The van der Waals surface area contributed by atoms with Gasteiger partial charge >= 0.3 is 5.97 Å². The van der Waals surface area contributed by atoms with Crippen molar-refractivity contribution in [3.05, 3.63) is 28.2 Å². The van der Waals surface area contributed by atoms with Gasteiger partial charge in [-0.25, -0.2) is 9.79 Å². The molecule has 1 fully saturated rings. The number of ether oxygens (including phenoxy) is 1. The molecule has 0 radical (unpaired) electrons. The molecule has 1 spiro atoms. The van der Waals surface area contributed by atoms with Gasteiger partial charge in [0, 0.05) is 21.8 Å². The molecule has 4 rings (SSSR count). The molecule has 5 nitrogen and oxygen atoms in total. The van der Waals surface area contributed by atoms with Crippen LogP contribution in [0.1, 0.15) is 44.6 Å². The number of rotatable bonds is 3. The zero-order chi connectivity index (χ0) is 18.3. The Hall–Kier alpha value is -1.34. The second-order valence-electron chi connectivity index (χ2n) is 6.84. The summed E-state index contributed by atoms with van der Waals surface area (Å²) in [7, 11) is 0. The van der Waals surface area contributed by atoms with Gasteiger partial charge < -0.3 is 9.64 Å². The summed E-state index contributed by atoms with van der Waals surface area (Å²) in [5, 5.41) is 0. The fraction of sp³-hybridized carbons (Fsp3) is 0.526. The maximum Gasteiger partial charge on any atom is 0.353 e. The van der Waals surface area contributed by atoms with Gasteiger partial charge in [-0.15, -0.1) is 11.8 Å². The summed E-state index contributed by atoms with van der Waals surface area (Å²) >= 11 is 4.95. The molecule has 1 atom stereocenters. The fourth-order valence-corrected chi connectivity index (χ4v) is 5.68. The Labute approximate surface area is 165 Å². The van der Waals surface area contributed by atoms with Crippen molar-refractivity contribution < 1.29 is 14.3 Å². The second-order valence-corrected chi connectivity index (χ2v) is 8.92. The van der Waals surface area contributed by atoms with Crippen LogP contribution in [0.15, 0.2) is 27.7 Å². The van der Waals surface area contributed by atoms with Crippen LogP contribution in [0.3, 0.4) is 0 Å². The number of nitrogens with zero attached hydrogens (tertiary/aromatic N) is 2. The van der Waals surface area contributed by atoms with Crippen LogP contribution < -0.4 is 4.90 Å². The highest BCUT2D eigenvalue weighted by Gasteiger charge is 2.56. The normalized spacial score (nSPS) is 25.5. The summed E-state index contributed by atoms with van der Waals surface area (Å²) in [6.07, 6.45) is 5.58. The molecule has 0 aromatic heterocycles. The van der Waals surface area contributed by atoms with Crippen molar-refractivity contribution in [1.82, 2.24) is 0 Å². The van der Waals surface area contributed by atoms with Crippen molar-refractivity contribution in [1.29, 1.82) is 0 Å². The van der Waals surface area contributed by atoms with Gasteiger partial charge in [-0.3, -0.25) is 4.79 Å². The van der Waals surface area contributed by atoms with E-state index in [9.17, 15) is 9.59 Å². The molecule has 138 valence electrons. The van der Waals surface area contributed by atoms with Gasteiger partial charge in [0.05, 0.1) is 12.3 Å². The van der Waals surface area contributed by atoms with Crippen molar-refractivity contribution >= 4 is 51.0 Å². The Morgan fingerprint density at radius 1 is 1.38 bits per heavy atom. The summed E-state index contributed by atoms with van der Waals surface area (Å²) in [6, 6.07) is 6.16. The number of carbonyl (C=O) groups excluding carboxylic acids is 2. The van der Waals surface area contributed by atoms with Gasteiger partial charge in [0.2, 0.25) is 4.87 Å². The van der Waals surface area contributed by atoms with Crippen molar-refractivity contribution in [3.63, 3.8) is 0 Å². The second kappa shape index (κ2) is 7.00. The molecule has 0 unspecified atom stereocenters. The van der Waals surface area contributed by atoms with Crippen LogP contribution in [-0.4, -0.2) is 36.0 Å². The molecule has 3 aliphatic rings. The summed E-state index contributed by atoms with van der Waals surface area (Å²) in [5.74, 6) is -0.0335. The third kappa shape index (κ3) is 2.80. The van der Waals surface area contributed by atoms with Crippen LogP contribution in [0.2, 0.25) is 0 Å². The van der Waals surface area contributed by atoms with Crippen LogP contribution in [0.4, 0.5) is 5.69 Å².